The lowest BCUT2D eigenvalue weighted by molar-refractivity contribution is -0.148. The van der Waals surface area contributed by atoms with Gasteiger partial charge >= 0.3 is 0 Å². The van der Waals surface area contributed by atoms with Crippen LogP contribution in [0.5, 0.6) is 0 Å². The van der Waals surface area contributed by atoms with E-state index in [-0.39, 0.29) is 28.3 Å². The average molecular weight is 238 g/mol. The standard InChI is InChI=1S/C15H26O2/c1-10(16)14(4,5)12-9-11-7-8-13(2,3)15(11,6)17-12/h11-12H,7-9H2,1-6H3/t11-,12-,15+/m0/s1. The number of hydrogen-bond acceptors (Lipinski definition) is 2. The molecule has 2 aliphatic rings. The molecule has 17 heavy (non-hydrogen) atoms. The largest absolute Gasteiger partial charge is 0.370 e. The molecule has 0 spiro atoms. The van der Waals surface area contributed by atoms with Crippen molar-refractivity contribution >= 4 is 5.78 Å². The van der Waals surface area contributed by atoms with Gasteiger partial charge in [0.15, 0.2) is 0 Å². The Morgan fingerprint density at radius 1 is 1.29 bits per heavy atom. The SMILES string of the molecule is CC(=O)C(C)(C)[C@@H]1C[C@@H]2CCC(C)(C)[C@]2(C)O1. The first-order valence-electron chi connectivity index (χ1n) is 6.80. The lowest BCUT2D eigenvalue weighted by Crippen LogP contribution is -2.44. The van der Waals surface area contributed by atoms with Gasteiger partial charge in [0.2, 0.25) is 0 Å². The van der Waals surface area contributed by atoms with Crippen LogP contribution < -0.4 is 0 Å². The lowest BCUT2D eigenvalue weighted by Gasteiger charge is -2.40. The van der Waals surface area contributed by atoms with Gasteiger partial charge in [-0.05, 0) is 44.4 Å². The molecule has 1 saturated carbocycles. The monoisotopic (exact) mass is 238 g/mol. The van der Waals surface area contributed by atoms with E-state index >= 15 is 0 Å². The van der Waals surface area contributed by atoms with E-state index in [1.807, 2.05) is 13.8 Å². The van der Waals surface area contributed by atoms with Crippen LogP contribution in [-0.2, 0) is 9.53 Å². The summed E-state index contributed by atoms with van der Waals surface area (Å²) < 4.78 is 6.39. The van der Waals surface area contributed by atoms with Crippen molar-refractivity contribution in [2.75, 3.05) is 0 Å². The van der Waals surface area contributed by atoms with Crippen LogP contribution in [0.1, 0.15) is 60.8 Å². The highest BCUT2D eigenvalue weighted by Gasteiger charge is 2.60. The van der Waals surface area contributed by atoms with E-state index in [2.05, 4.69) is 20.8 Å². The van der Waals surface area contributed by atoms with Gasteiger partial charge in [0.25, 0.3) is 0 Å². The summed E-state index contributed by atoms with van der Waals surface area (Å²) in [6.45, 7) is 12.6. The van der Waals surface area contributed by atoms with Gasteiger partial charge in [0.1, 0.15) is 5.78 Å². The summed E-state index contributed by atoms with van der Waals surface area (Å²) in [5.74, 6) is 0.866. The van der Waals surface area contributed by atoms with Gasteiger partial charge in [-0.15, -0.1) is 0 Å². The Labute approximate surface area is 105 Å². The summed E-state index contributed by atoms with van der Waals surface area (Å²) in [4.78, 5) is 11.8. The maximum absolute atomic E-state index is 11.8. The number of fused-ring (bicyclic) bond motifs is 1. The summed E-state index contributed by atoms with van der Waals surface area (Å²) in [7, 11) is 0. The van der Waals surface area contributed by atoms with Gasteiger partial charge in [-0.2, -0.15) is 0 Å². The molecule has 2 nitrogen and oxygen atoms in total. The molecular weight excluding hydrogens is 212 g/mol. The summed E-state index contributed by atoms with van der Waals surface area (Å²) in [5, 5.41) is 0. The number of carbonyl (C=O) groups is 1. The molecule has 2 heteroatoms. The van der Waals surface area contributed by atoms with E-state index in [0.29, 0.717) is 5.92 Å². The number of ether oxygens (including phenoxy) is 1. The number of rotatable bonds is 2. The Balaban J connectivity index is 2.24. The number of Topliss-reactive ketones (excluding diaryl/α,β-unsaturated/α-hetero) is 1. The smallest absolute Gasteiger partial charge is 0.138 e. The van der Waals surface area contributed by atoms with Crippen LogP contribution in [0, 0.1) is 16.7 Å². The van der Waals surface area contributed by atoms with Crippen LogP contribution in [-0.4, -0.2) is 17.5 Å². The molecule has 0 bridgehead atoms. The highest BCUT2D eigenvalue weighted by Crippen LogP contribution is 2.59. The average Bonchev–Trinajstić information content (AvgIpc) is 2.63. The van der Waals surface area contributed by atoms with Crippen LogP contribution >= 0.6 is 0 Å². The van der Waals surface area contributed by atoms with Crippen LogP contribution in [0.3, 0.4) is 0 Å². The third-order valence-corrected chi connectivity index (χ3v) is 5.84. The molecule has 0 aromatic rings. The molecule has 0 N–H and O–H groups in total. The van der Waals surface area contributed by atoms with E-state index in [4.69, 9.17) is 4.74 Å². The minimum absolute atomic E-state index is 0.0373. The van der Waals surface area contributed by atoms with Gasteiger partial charge < -0.3 is 4.74 Å². The molecule has 2 fully saturated rings. The molecule has 1 heterocycles. The zero-order valence-corrected chi connectivity index (χ0v) is 12.1. The first-order valence-corrected chi connectivity index (χ1v) is 6.80. The normalized spacial score (nSPS) is 40.4. The minimum Gasteiger partial charge on any atom is -0.370 e. The van der Waals surface area contributed by atoms with Crippen molar-refractivity contribution in [1.29, 1.82) is 0 Å². The first kappa shape index (κ1) is 13.1. The van der Waals surface area contributed by atoms with Crippen LogP contribution in [0.2, 0.25) is 0 Å². The summed E-state index contributed by atoms with van der Waals surface area (Å²) in [6, 6.07) is 0. The zero-order valence-electron chi connectivity index (χ0n) is 12.1. The van der Waals surface area contributed by atoms with Crippen molar-refractivity contribution in [3.05, 3.63) is 0 Å². The van der Waals surface area contributed by atoms with E-state index in [1.54, 1.807) is 6.92 Å². The van der Waals surface area contributed by atoms with E-state index in [9.17, 15) is 4.79 Å². The molecule has 98 valence electrons. The van der Waals surface area contributed by atoms with Gasteiger partial charge in [-0.1, -0.05) is 27.7 Å². The predicted octanol–water partition coefficient (Wildman–Crippen LogP) is 3.59. The second-order valence-corrected chi connectivity index (χ2v) is 7.35. The third-order valence-electron chi connectivity index (χ3n) is 5.84. The second kappa shape index (κ2) is 3.57. The lowest BCUT2D eigenvalue weighted by atomic mass is 9.75. The van der Waals surface area contributed by atoms with Crippen LogP contribution in [0.4, 0.5) is 0 Å². The minimum atomic E-state index is -0.344. The fraction of sp³-hybridized carbons (Fsp3) is 0.933. The molecule has 0 amide bonds. The van der Waals surface area contributed by atoms with Crippen molar-refractivity contribution in [2.24, 2.45) is 16.7 Å². The molecule has 3 atom stereocenters. The summed E-state index contributed by atoms with van der Waals surface area (Å²) >= 11 is 0. The molecule has 0 unspecified atom stereocenters. The Bertz CT molecular complexity index is 343. The molecule has 1 aliphatic carbocycles. The van der Waals surface area contributed by atoms with E-state index in [0.717, 1.165) is 6.42 Å². The number of carbonyl (C=O) groups excluding carboxylic acids is 1. The second-order valence-electron chi connectivity index (χ2n) is 7.35. The Morgan fingerprint density at radius 2 is 1.88 bits per heavy atom. The van der Waals surface area contributed by atoms with Crippen LogP contribution in [0.15, 0.2) is 0 Å². The summed E-state index contributed by atoms with van der Waals surface area (Å²) in [5.41, 5.74) is -0.146. The van der Waals surface area contributed by atoms with Gasteiger partial charge in [-0.3, -0.25) is 4.79 Å². The van der Waals surface area contributed by atoms with Crippen molar-refractivity contribution in [3.63, 3.8) is 0 Å². The predicted molar refractivity (Wildman–Crippen MR) is 68.9 cm³/mol. The fourth-order valence-electron chi connectivity index (χ4n) is 3.48. The number of ketones is 1. The Hall–Kier alpha value is -0.370. The Morgan fingerprint density at radius 3 is 2.35 bits per heavy atom. The molecule has 2 rings (SSSR count). The van der Waals surface area contributed by atoms with Gasteiger partial charge in [0.05, 0.1) is 11.7 Å². The van der Waals surface area contributed by atoms with Crippen LogP contribution in [0.25, 0.3) is 0 Å². The molecular formula is C15H26O2. The van der Waals surface area contributed by atoms with Crippen molar-refractivity contribution < 1.29 is 9.53 Å². The molecule has 1 saturated heterocycles. The van der Waals surface area contributed by atoms with Crippen molar-refractivity contribution in [2.45, 2.75) is 72.5 Å². The van der Waals surface area contributed by atoms with Gasteiger partial charge in [-0.25, -0.2) is 0 Å². The van der Waals surface area contributed by atoms with Crippen molar-refractivity contribution in [1.82, 2.24) is 0 Å². The molecule has 1 aliphatic heterocycles. The van der Waals surface area contributed by atoms with E-state index < -0.39 is 0 Å². The first-order chi connectivity index (χ1) is 7.61. The molecule has 0 radical (unpaired) electrons. The highest BCUT2D eigenvalue weighted by molar-refractivity contribution is 5.82. The number of hydrogen-bond donors (Lipinski definition) is 0. The Kier molecular flexibility index (Phi) is 2.74. The fourth-order valence-corrected chi connectivity index (χ4v) is 3.48. The maximum Gasteiger partial charge on any atom is 0.138 e. The maximum atomic E-state index is 11.8. The van der Waals surface area contributed by atoms with E-state index in [1.165, 1.54) is 12.8 Å². The van der Waals surface area contributed by atoms with Gasteiger partial charge in [0, 0.05) is 5.41 Å². The third kappa shape index (κ3) is 1.68. The highest BCUT2D eigenvalue weighted by atomic mass is 16.5. The zero-order chi connectivity index (χ0) is 13.1. The summed E-state index contributed by atoms with van der Waals surface area (Å²) in [6.07, 6.45) is 3.62. The molecule has 0 aromatic heterocycles. The topological polar surface area (TPSA) is 26.3 Å². The quantitative estimate of drug-likeness (QED) is 0.735. The molecule has 0 aromatic carbocycles. The van der Waals surface area contributed by atoms with Crippen molar-refractivity contribution in [3.8, 4) is 0 Å².